The Labute approximate surface area is 208 Å². The Hall–Kier alpha value is -2.89. The molecule has 7 heteroatoms. The third-order valence-electron chi connectivity index (χ3n) is 6.13. The molecule has 2 heterocycles. The summed E-state index contributed by atoms with van der Waals surface area (Å²) in [5.74, 6) is 0. The Bertz CT molecular complexity index is 1310. The Morgan fingerprint density at radius 3 is 2.44 bits per heavy atom. The highest BCUT2D eigenvalue weighted by atomic mass is 35.5. The zero-order valence-electron chi connectivity index (χ0n) is 18.2. The number of benzene rings is 2. The lowest BCUT2D eigenvalue weighted by Crippen LogP contribution is -2.09. The SMILES string of the molecule is Cl.Cl.FC(F)(F)c1cccc2c3c(ccc12)C1=C(CCC=C1)CC3.c1cnc2ccncc2c1. The molecule has 0 aliphatic heterocycles. The summed E-state index contributed by atoms with van der Waals surface area (Å²) < 4.78 is 39.6. The molecule has 0 saturated carbocycles. The Balaban J connectivity index is 0.000000229. The average Bonchev–Trinajstić information content (AvgIpc) is 2.83. The molecule has 2 aliphatic rings. The molecule has 0 radical (unpaired) electrons. The van der Waals surface area contributed by atoms with Crippen LogP contribution in [0.1, 0.15) is 36.0 Å². The van der Waals surface area contributed by atoms with E-state index in [-0.39, 0.29) is 24.8 Å². The first-order valence-corrected chi connectivity index (χ1v) is 10.7. The van der Waals surface area contributed by atoms with Crippen LogP contribution in [0.15, 0.2) is 84.8 Å². The van der Waals surface area contributed by atoms with E-state index in [0.29, 0.717) is 5.39 Å². The summed E-state index contributed by atoms with van der Waals surface area (Å²) in [6, 6.07) is 13.8. The molecule has 176 valence electrons. The van der Waals surface area contributed by atoms with Crippen LogP contribution in [0.3, 0.4) is 0 Å². The molecule has 2 aromatic carbocycles. The second-order valence-corrected chi connectivity index (χ2v) is 8.02. The molecule has 2 aliphatic carbocycles. The van der Waals surface area contributed by atoms with Crippen LogP contribution in [-0.2, 0) is 12.6 Å². The minimum Gasteiger partial charge on any atom is -0.264 e. The number of allylic oxidation sites excluding steroid dienone is 4. The molecule has 0 N–H and O–H groups in total. The lowest BCUT2D eigenvalue weighted by molar-refractivity contribution is -0.136. The first-order valence-electron chi connectivity index (χ1n) is 10.7. The van der Waals surface area contributed by atoms with Gasteiger partial charge in [-0.3, -0.25) is 9.97 Å². The third kappa shape index (κ3) is 4.96. The van der Waals surface area contributed by atoms with Crippen LogP contribution in [0.2, 0.25) is 0 Å². The minimum atomic E-state index is -4.31. The first-order chi connectivity index (χ1) is 15.5. The van der Waals surface area contributed by atoms with Gasteiger partial charge < -0.3 is 0 Å². The third-order valence-corrected chi connectivity index (χ3v) is 6.13. The molecule has 2 nitrogen and oxygen atoms in total. The van der Waals surface area contributed by atoms with Gasteiger partial charge in [-0.1, -0.05) is 42.0 Å². The van der Waals surface area contributed by atoms with Gasteiger partial charge in [0.15, 0.2) is 0 Å². The normalized spacial score (nSPS) is 14.3. The van der Waals surface area contributed by atoms with Crippen LogP contribution in [0.4, 0.5) is 13.2 Å². The van der Waals surface area contributed by atoms with Crippen molar-refractivity contribution in [1.29, 1.82) is 0 Å². The van der Waals surface area contributed by atoms with E-state index < -0.39 is 11.7 Å². The number of pyridine rings is 2. The van der Waals surface area contributed by atoms with Gasteiger partial charge in [0.05, 0.1) is 11.1 Å². The smallest absolute Gasteiger partial charge is 0.264 e. The topological polar surface area (TPSA) is 25.8 Å². The molecule has 2 aromatic heterocycles. The van der Waals surface area contributed by atoms with Gasteiger partial charge in [-0.15, -0.1) is 24.8 Å². The number of nitrogens with zero attached hydrogens (tertiary/aromatic N) is 2. The number of aromatic nitrogens is 2. The van der Waals surface area contributed by atoms with Crippen molar-refractivity contribution in [1.82, 2.24) is 9.97 Å². The van der Waals surface area contributed by atoms with Gasteiger partial charge in [0.25, 0.3) is 0 Å². The highest BCUT2D eigenvalue weighted by Crippen LogP contribution is 2.42. The van der Waals surface area contributed by atoms with Crippen molar-refractivity contribution in [3.63, 3.8) is 0 Å². The van der Waals surface area contributed by atoms with Gasteiger partial charge >= 0.3 is 6.18 Å². The summed E-state index contributed by atoms with van der Waals surface area (Å²) in [5.41, 5.74) is 5.32. The van der Waals surface area contributed by atoms with E-state index in [1.54, 1.807) is 18.5 Å². The highest BCUT2D eigenvalue weighted by Gasteiger charge is 2.33. The fourth-order valence-corrected chi connectivity index (χ4v) is 4.63. The monoisotopic (exact) mass is 502 g/mol. The maximum Gasteiger partial charge on any atom is 0.417 e. The van der Waals surface area contributed by atoms with Gasteiger partial charge in [0.2, 0.25) is 0 Å². The van der Waals surface area contributed by atoms with Gasteiger partial charge in [0.1, 0.15) is 0 Å². The summed E-state index contributed by atoms with van der Waals surface area (Å²) in [6.07, 6.45) is 9.26. The van der Waals surface area contributed by atoms with Crippen molar-refractivity contribution < 1.29 is 13.2 Å². The van der Waals surface area contributed by atoms with Crippen molar-refractivity contribution in [2.24, 2.45) is 0 Å². The number of hydrogen-bond acceptors (Lipinski definition) is 2. The van der Waals surface area contributed by atoms with Crippen molar-refractivity contribution in [2.45, 2.75) is 31.9 Å². The molecule has 0 saturated heterocycles. The quantitative estimate of drug-likeness (QED) is 0.241. The zero-order valence-corrected chi connectivity index (χ0v) is 19.8. The van der Waals surface area contributed by atoms with E-state index in [1.807, 2.05) is 36.5 Å². The number of hydrogen-bond donors (Lipinski definition) is 0. The van der Waals surface area contributed by atoms with Crippen LogP contribution >= 0.6 is 24.8 Å². The number of fused-ring (bicyclic) bond motifs is 5. The van der Waals surface area contributed by atoms with Gasteiger partial charge in [-0.25, -0.2) is 0 Å². The molecule has 0 amide bonds. The molecular weight excluding hydrogens is 480 g/mol. The largest absolute Gasteiger partial charge is 0.417 e. The van der Waals surface area contributed by atoms with E-state index in [9.17, 15) is 13.2 Å². The Morgan fingerprint density at radius 2 is 1.65 bits per heavy atom. The van der Waals surface area contributed by atoms with Crippen LogP contribution in [0, 0.1) is 0 Å². The van der Waals surface area contributed by atoms with E-state index in [4.69, 9.17) is 0 Å². The summed E-state index contributed by atoms with van der Waals surface area (Å²) in [5, 5.41) is 2.15. The zero-order chi connectivity index (χ0) is 22.1. The first kappa shape index (κ1) is 25.7. The average molecular weight is 503 g/mol. The predicted molar refractivity (Wildman–Crippen MR) is 137 cm³/mol. The van der Waals surface area contributed by atoms with Gasteiger partial charge in [-0.05, 0) is 77.4 Å². The highest BCUT2D eigenvalue weighted by molar-refractivity contribution is 5.95. The standard InChI is InChI=1S/C19H15F3.C8H6N2.2ClH/c20-19(21,22)18-7-3-6-14-16-9-8-12-4-1-2-5-13(12)15(16)10-11-17(14)18;1-2-7-6-9-5-3-8(7)10-4-1;;/h2-3,5-7,10-11H,1,4,8-9H2;1-6H;2*1H. The molecule has 0 spiro atoms. The van der Waals surface area contributed by atoms with Crippen LogP contribution in [0.5, 0.6) is 0 Å². The van der Waals surface area contributed by atoms with Crippen molar-refractivity contribution in [3.05, 3.63) is 102 Å². The fraction of sp³-hybridized carbons (Fsp3) is 0.185. The van der Waals surface area contributed by atoms with Crippen LogP contribution in [0.25, 0.3) is 27.2 Å². The van der Waals surface area contributed by atoms with Crippen molar-refractivity contribution in [3.8, 4) is 0 Å². The number of rotatable bonds is 0. The Morgan fingerprint density at radius 1 is 0.794 bits per heavy atom. The van der Waals surface area contributed by atoms with E-state index in [1.165, 1.54) is 23.3 Å². The summed E-state index contributed by atoms with van der Waals surface area (Å²) in [6.45, 7) is 0. The minimum absolute atomic E-state index is 0. The second-order valence-electron chi connectivity index (χ2n) is 8.02. The predicted octanol–water partition coefficient (Wildman–Crippen LogP) is 8.38. The summed E-state index contributed by atoms with van der Waals surface area (Å²) in [4.78, 5) is 8.11. The van der Waals surface area contributed by atoms with E-state index in [0.717, 1.165) is 53.1 Å². The van der Waals surface area contributed by atoms with E-state index >= 15 is 0 Å². The molecule has 0 bridgehead atoms. The molecule has 0 atom stereocenters. The van der Waals surface area contributed by atoms with Crippen molar-refractivity contribution >= 4 is 52.1 Å². The second kappa shape index (κ2) is 10.6. The number of aryl methyl sites for hydroxylation is 1. The number of halogens is 5. The fourth-order valence-electron chi connectivity index (χ4n) is 4.63. The molecule has 0 unspecified atom stereocenters. The summed E-state index contributed by atoms with van der Waals surface area (Å²) in [7, 11) is 0. The molecule has 6 rings (SSSR count). The van der Waals surface area contributed by atoms with Crippen LogP contribution in [-0.4, -0.2) is 9.97 Å². The van der Waals surface area contributed by atoms with Crippen LogP contribution < -0.4 is 0 Å². The van der Waals surface area contributed by atoms with E-state index in [2.05, 4.69) is 22.1 Å². The lowest BCUT2D eigenvalue weighted by atomic mass is 9.79. The maximum atomic E-state index is 13.2. The van der Waals surface area contributed by atoms with Gasteiger partial charge in [0, 0.05) is 24.0 Å². The van der Waals surface area contributed by atoms with Gasteiger partial charge in [-0.2, -0.15) is 13.2 Å². The van der Waals surface area contributed by atoms with Crippen molar-refractivity contribution in [2.75, 3.05) is 0 Å². The summed E-state index contributed by atoms with van der Waals surface area (Å²) >= 11 is 0. The molecule has 34 heavy (non-hydrogen) atoms. The molecular formula is C27H23Cl2F3N2. The molecule has 0 fully saturated rings. The molecule has 4 aromatic rings. The lowest BCUT2D eigenvalue weighted by Gasteiger charge is -2.26. The number of alkyl halides is 3. The Kier molecular flexibility index (Phi) is 8.01. The maximum absolute atomic E-state index is 13.2.